The number of ether oxygens (including phenoxy) is 1. The monoisotopic (exact) mass is 374 g/mol. The highest BCUT2D eigenvalue weighted by Gasteiger charge is 2.26. The van der Waals surface area contributed by atoms with Gasteiger partial charge < -0.3 is 19.9 Å². The van der Waals surface area contributed by atoms with Crippen molar-refractivity contribution in [3.63, 3.8) is 0 Å². The van der Waals surface area contributed by atoms with Crippen LogP contribution in [0.2, 0.25) is 0 Å². The zero-order valence-electron chi connectivity index (χ0n) is 16.3. The van der Waals surface area contributed by atoms with E-state index in [1.54, 1.807) is 4.90 Å². The number of rotatable bonds is 6. The quantitative estimate of drug-likeness (QED) is 0.816. The van der Waals surface area contributed by atoms with Crippen molar-refractivity contribution in [3.8, 4) is 0 Å². The Hall–Kier alpha value is -2.12. The number of carbonyl (C=O) groups is 2. The van der Waals surface area contributed by atoms with Gasteiger partial charge in [-0.25, -0.2) is 0 Å². The van der Waals surface area contributed by atoms with E-state index in [4.69, 9.17) is 4.74 Å². The van der Waals surface area contributed by atoms with Crippen molar-refractivity contribution in [3.05, 3.63) is 24.3 Å². The van der Waals surface area contributed by atoms with Gasteiger partial charge in [-0.1, -0.05) is 0 Å². The minimum atomic E-state index is -0.294. The standard InChI is InChI=1S/C20H30N4O3/c1-16(20(26)24-9-3-4-10-24)22(2)15-19(25)21-17-5-7-18(8-6-17)23-11-13-27-14-12-23/h5-8,16H,3-4,9-15H2,1-2H3,(H,21,25)/t16-/m0/s1. The number of hydrogen-bond donors (Lipinski definition) is 1. The molecule has 27 heavy (non-hydrogen) atoms. The molecule has 0 spiro atoms. The predicted octanol–water partition coefficient (Wildman–Crippen LogP) is 1.40. The van der Waals surface area contributed by atoms with Crippen LogP contribution in [0, 0.1) is 0 Å². The van der Waals surface area contributed by atoms with Crippen LogP contribution in [0.15, 0.2) is 24.3 Å². The van der Waals surface area contributed by atoms with Crippen LogP contribution in [-0.4, -0.2) is 80.6 Å². The molecule has 0 bridgehead atoms. The first kappa shape index (κ1) is 19.6. The van der Waals surface area contributed by atoms with Gasteiger partial charge in [0.05, 0.1) is 25.8 Å². The number of nitrogens with one attached hydrogen (secondary N) is 1. The maximum Gasteiger partial charge on any atom is 0.239 e. The summed E-state index contributed by atoms with van der Waals surface area (Å²) in [5.74, 6) is -0.00430. The van der Waals surface area contributed by atoms with E-state index in [1.165, 1.54) is 0 Å². The predicted molar refractivity (Wildman–Crippen MR) is 106 cm³/mol. The molecule has 2 amide bonds. The fraction of sp³-hybridized carbons (Fsp3) is 0.600. The van der Waals surface area contributed by atoms with Crippen LogP contribution in [0.3, 0.4) is 0 Å². The number of hydrogen-bond acceptors (Lipinski definition) is 5. The molecule has 0 unspecified atom stereocenters. The third-order valence-corrected chi connectivity index (χ3v) is 5.36. The van der Waals surface area contributed by atoms with Crippen molar-refractivity contribution in [2.75, 3.05) is 63.2 Å². The Kier molecular flexibility index (Phi) is 6.68. The van der Waals surface area contributed by atoms with Gasteiger partial charge in [0, 0.05) is 37.6 Å². The van der Waals surface area contributed by atoms with Gasteiger partial charge >= 0.3 is 0 Å². The van der Waals surface area contributed by atoms with Gasteiger partial charge in [-0.3, -0.25) is 14.5 Å². The summed E-state index contributed by atoms with van der Waals surface area (Å²) in [7, 11) is 1.82. The Morgan fingerprint density at radius 1 is 1.11 bits per heavy atom. The Morgan fingerprint density at radius 3 is 2.37 bits per heavy atom. The minimum Gasteiger partial charge on any atom is -0.378 e. The summed E-state index contributed by atoms with van der Waals surface area (Å²) in [6.45, 7) is 6.99. The number of carbonyl (C=O) groups excluding carboxylic acids is 2. The van der Waals surface area contributed by atoms with Crippen molar-refractivity contribution in [1.29, 1.82) is 0 Å². The van der Waals surface area contributed by atoms with Crippen molar-refractivity contribution in [2.24, 2.45) is 0 Å². The molecule has 0 aromatic heterocycles. The van der Waals surface area contributed by atoms with E-state index in [9.17, 15) is 9.59 Å². The van der Waals surface area contributed by atoms with E-state index < -0.39 is 0 Å². The lowest BCUT2D eigenvalue weighted by molar-refractivity contribution is -0.135. The SMILES string of the molecule is C[C@@H](C(=O)N1CCCC1)N(C)CC(=O)Nc1ccc(N2CCOCC2)cc1. The summed E-state index contributed by atoms with van der Waals surface area (Å²) in [6.07, 6.45) is 2.15. The summed E-state index contributed by atoms with van der Waals surface area (Å²) >= 11 is 0. The second kappa shape index (κ2) is 9.19. The largest absolute Gasteiger partial charge is 0.378 e. The second-order valence-corrected chi connectivity index (χ2v) is 7.32. The molecule has 1 aromatic carbocycles. The van der Waals surface area contributed by atoms with E-state index in [-0.39, 0.29) is 24.4 Å². The van der Waals surface area contributed by atoms with Gasteiger partial charge in [-0.15, -0.1) is 0 Å². The van der Waals surface area contributed by atoms with E-state index in [1.807, 2.05) is 43.1 Å². The molecular weight excluding hydrogens is 344 g/mol. The third kappa shape index (κ3) is 5.20. The molecule has 2 fully saturated rings. The molecule has 2 heterocycles. The van der Waals surface area contributed by atoms with Gasteiger partial charge in [0.25, 0.3) is 0 Å². The van der Waals surface area contributed by atoms with Crippen LogP contribution in [0.4, 0.5) is 11.4 Å². The molecular formula is C20H30N4O3. The average molecular weight is 374 g/mol. The average Bonchev–Trinajstić information content (AvgIpc) is 3.22. The topological polar surface area (TPSA) is 65.1 Å². The van der Waals surface area contributed by atoms with Crippen LogP contribution < -0.4 is 10.2 Å². The molecule has 1 atom stereocenters. The van der Waals surface area contributed by atoms with Crippen molar-refractivity contribution in [1.82, 2.24) is 9.80 Å². The highest BCUT2D eigenvalue weighted by Crippen LogP contribution is 2.19. The first-order valence-electron chi connectivity index (χ1n) is 9.76. The molecule has 3 rings (SSSR count). The van der Waals surface area contributed by atoms with Crippen molar-refractivity contribution in [2.45, 2.75) is 25.8 Å². The normalized spacial score (nSPS) is 18.6. The van der Waals surface area contributed by atoms with Gasteiger partial charge in [0.1, 0.15) is 0 Å². The molecule has 7 heteroatoms. The number of likely N-dealkylation sites (N-methyl/N-ethyl adjacent to an activating group) is 1. The minimum absolute atomic E-state index is 0.109. The molecule has 148 valence electrons. The molecule has 0 aliphatic carbocycles. The van der Waals surface area contributed by atoms with Crippen LogP contribution >= 0.6 is 0 Å². The fourth-order valence-corrected chi connectivity index (χ4v) is 3.53. The molecule has 1 N–H and O–H groups in total. The molecule has 0 radical (unpaired) electrons. The number of morpholine rings is 1. The summed E-state index contributed by atoms with van der Waals surface area (Å²) in [5, 5.41) is 2.92. The molecule has 2 aliphatic heterocycles. The molecule has 1 aromatic rings. The Bertz CT molecular complexity index is 637. The summed E-state index contributed by atoms with van der Waals surface area (Å²) in [4.78, 5) is 30.8. The van der Waals surface area contributed by atoms with Crippen molar-refractivity contribution >= 4 is 23.2 Å². The van der Waals surface area contributed by atoms with E-state index >= 15 is 0 Å². The first-order valence-corrected chi connectivity index (χ1v) is 9.76. The lowest BCUT2D eigenvalue weighted by Crippen LogP contribution is -2.46. The fourth-order valence-electron chi connectivity index (χ4n) is 3.53. The van der Waals surface area contributed by atoms with Gasteiger partial charge in [-0.05, 0) is 51.1 Å². The van der Waals surface area contributed by atoms with Crippen molar-refractivity contribution < 1.29 is 14.3 Å². The zero-order valence-corrected chi connectivity index (χ0v) is 16.3. The van der Waals surface area contributed by atoms with Gasteiger partial charge in [0.2, 0.25) is 11.8 Å². The lowest BCUT2D eigenvalue weighted by Gasteiger charge is -2.29. The molecule has 0 saturated carbocycles. The lowest BCUT2D eigenvalue weighted by atomic mass is 10.2. The Balaban J connectivity index is 1.48. The van der Waals surface area contributed by atoms with Crippen LogP contribution in [0.1, 0.15) is 19.8 Å². The van der Waals surface area contributed by atoms with E-state index in [0.717, 1.165) is 63.6 Å². The number of nitrogens with zero attached hydrogens (tertiary/aromatic N) is 3. The maximum atomic E-state index is 12.5. The molecule has 7 nitrogen and oxygen atoms in total. The summed E-state index contributed by atoms with van der Waals surface area (Å²) in [5.41, 5.74) is 1.90. The number of benzene rings is 1. The van der Waals surface area contributed by atoms with Gasteiger partial charge in [-0.2, -0.15) is 0 Å². The third-order valence-electron chi connectivity index (χ3n) is 5.36. The highest BCUT2D eigenvalue weighted by molar-refractivity contribution is 5.93. The summed E-state index contributed by atoms with van der Waals surface area (Å²) in [6, 6.07) is 7.58. The van der Waals surface area contributed by atoms with E-state index in [2.05, 4.69) is 10.2 Å². The second-order valence-electron chi connectivity index (χ2n) is 7.32. The van der Waals surface area contributed by atoms with Crippen LogP contribution in [0.5, 0.6) is 0 Å². The highest BCUT2D eigenvalue weighted by atomic mass is 16.5. The maximum absolute atomic E-state index is 12.5. The first-order chi connectivity index (χ1) is 13.0. The summed E-state index contributed by atoms with van der Waals surface area (Å²) < 4.78 is 5.37. The van der Waals surface area contributed by atoms with Crippen LogP contribution in [-0.2, 0) is 14.3 Å². The Labute approximate surface area is 161 Å². The number of anilines is 2. The van der Waals surface area contributed by atoms with E-state index in [0.29, 0.717) is 0 Å². The number of likely N-dealkylation sites (tertiary alicyclic amines) is 1. The van der Waals surface area contributed by atoms with Gasteiger partial charge in [0.15, 0.2) is 0 Å². The zero-order chi connectivity index (χ0) is 19.2. The molecule has 2 saturated heterocycles. The smallest absolute Gasteiger partial charge is 0.239 e. The van der Waals surface area contributed by atoms with Crippen LogP contribution in [0.25, 0.3) is 0 Å². The molecule has 2 aliphatic rings. The number of amides is 2. The Morgan fingerprint density at radius 2 is 1.74 bits per heavy atom.